The molecule has 3 heterocycles. The topological polar surface area (TPSA) is 103 Å². The highest BCUT2D eigenvalue weighted by Crippen LogP contribution is 2.29. The van der Waals surface area contributed by atoms with Crippen molar-refractivity contribution < 1.29 is 14.3 Å². The second-order valence-corrected chi connectivity index (χ2v) is 8.42. The van der Waals surface area contributed by atoms with Crippen molar-refractivity contribution in [1.82, 2.24) is 24.6 Å². The normalized spacial score (nSPS) is 15.8. The fourth-order valence-corrected chi connectivity index (χ4v) is 4.53. The van der Waals surface area contributed by atoms with Gasteiger partial charge in [0.2, 0.25) is 0 Å². The van der Waals surface area contributed by atoms with Crippen molar-refractivity contribution in [3.63, 3.8) is 0 Å². The molecule has 158 valence electrons. The molecular formula is C20H24N6O3S. The summed E-state index contributed by atoms with van der Waals surface area (Å²) in [6.45, 7) is 5.28. The Morgan fingerprint density at radius 1 is 1.23 bits per heavy atom. The lowest BCUT2D eigenvalue weighted by Crippen LogP contribution is -2.47. The molecule has 0 spiro atoms. The quantitative estimate of drug-likeness (QED) is 0.575. The van der Waals surface area contributed by atoms with E-state index in [0.29, 0.717) is 10.9 Å². The van der Waals surface area contributed by atoms with Gasteiger partial charge in [-0.2, -0.15) is 4.98 Å². The van der Waals surface area contributed by atoms with E-state index in [1.165, 1.54) is 22.3 Å². The Labute approximate surface area is 178 Å². The summed E-state index contributed by atoms with van der Waals surface area (Å²) in [4.78, 5) is 40.3. The summed E-state index contributed by atoms with van der Waals surface area (Å²) < 4.78 is 6.93. The predicted molar refractivity (Wildman–Crippen MR) is 112 cm³/mol. The third-order valence-corrected chi connectivity index (χ3v) is 6.01. The standard InChI is InChI=1S/C20H24N6O3S/c1-12-11-13(2)26-19(22-12)23-16(24-26)18(28)29-14(3)17(27)25(20-21-9-10-30-20)15-7-5-4-6-8-15/h9-11,14-15H,4-8H2,1-3H3. The number of hydrogen-bond donors (Lipinski definition) is 0. The first-order chi connectivity index (χ1) is 14.4. The molecule has 3 aromatic heterocycles. The number of aromatic nitrogens is 5. The largest absolute Gasteiger partial charge is 0.447 e. The SMILES string of the molecule is Cc1cc(C)n2nc(C(=O)OC(C)C(=O)N(c3nccs3)C3CCCCC3)nc2n1. The smallest absolute Gasteiger partial charge is 0.379 e. The van der Waals surface area contributed by atoms with Gasteiger partial charge in [-0.15, -0.1) is 16.4 Å². The fourth-order valence-electron chi connectivity index (χ4n) is 3.82. The minimum atomic E-state index is -0.981. The van der Waals surface area contributed by atoms with Gasteiger partial charge in [-0.05, 0) is 39.7 Å². The molecule has 0 saturated heterocycles. The zero-order valence-electron chi connectivity index (χ0n) is 17.2. The van der Waals surface area contributed by atoms with Crippen molar-refractivity contribution >= 4 is 34.1 Å². The number of carbonyl (C=O) groups is 2. The Hall–Kier alpha value is -2.88. The Morgan fingerprint density at radius 3 is 2.70 bits per heavy atom. The number of esters is 1. The van der Waals surface area contributed by atoms with Crippen molar-refractivity contribution in [3.05, 3.63) is 34.9 Å². The molecule has 9 nitrogen and oxygen atoms in total. The summed E-state index contributed by atoms with van der Waals surface area (Å²) in [5.41, 5.74) is 1.59. The Morgan fingerprint density at radius 2 is 2.00 bits per heavy atom. The first kappa shape index (κ1) is 20.4. The van der Waals surface area contributed by atoms with Crippen LogP contribution in [-0.4, -0.2) is 48.6 Å². The fraction of sp³-hybridized carbons (Fsp3) is 0.500. The van der Waals surface area contributed by atoms with Crippen LogP contribution in [-0.2, 0) is 9.53 Å². The number of nitrogens with zero attached hydrogens (tertiary/aromatic N) is 6. The number of carbonyl (C=O) groups excluding carboxylic acids is 2. The van der Waals surface area contributed by atoms with E-state index in [2.05, 4.69) is 20.1 Å². The lowest BCUT2D eigenvalue weighted by atomic mass is 9.94. The first-order valence-corrected chi connectivity index (χ1v) is 11.0. The number of fused-ring (bicyclic) bond motifs is 1. The number of rotatable bonds is 5. The molecule has 30 heavy (non-hydrogen) atoms. The number of thiazole rings is 1. The monoisotopic (exact) mass is 428 g/mol. The molecule has 0 aromatic carbocycles. The molecule has 0 aliphatic heterocycles. The van der Waals surface area contributed by atoms with Crippen LogP contribution in [0.4, 0.5) is 5.13 Å². The second-order valence-electron chi connectivity index (χ2n) is 7.55. The van der Waals surface area contributed by atoms with Gasteiger partial charge in [-0.1, -0.05) is 19.3 Å². The van der Waals surface area contributed by atoms with E-state index < -0.39 is 12.1 Å². The molecule has 1 saturated carbocycles. The summed E-state index contributed by atoms with van der Waals surface area (Å²) in [7, 11) is 0. The van der Waals surface area contributed by atoms with Crippen LogP contribution >= 0.6 is 11.3 Å². The van der Waals surface area contributed by atoms with Crippen LogP contribution in [0.1, 0.15) is 61.0 Å². The van der Waals surface area contributed by atoms with Crippen LogP contribution in [0.15, 0.2) is 17.6 Å². The van der Waals surface area contributed by atoms with Gasteiger partial charge < -0.3 is 4.74 Å². The Balaban J connectivity index is 1.52. The number of ether oxygens (including phenoxy) is 1. The summed E-state index contributed by atoms with van der Waals surface area (Å²) in [5, 5.41) is 6.66. The van der Waals surface area contributed by atoms with E-state index in [1.807, 2.05) is 25.3 Å². The Kier molecular flexibility index (Phi) is 5.76. The molecule has 1 unspecified atom stereocenters. The highest BCUT2D eigenvalue weighted by Gasteiger charge is 2.33. The van der Waals surface area contributed by atoms with Crippen LogP contribution < -0.4 is 4.90 Å². The molecule has 0 bridgehead atoms. The first-order valence-electron chi connectivity index (χ1n) is 10.1. The molecule has 0 radical (unpaired) electrons. The van der Waals surface area contributed by atoms with Crippen molar-refractivity contribution in [2.45, 2.75) is 65.0 Å². The minimum absolute atomic E-state index is 0.0710. The van der Waals surface area contributed by atoms with Gasteiger partial charge in [0.15, 0.2) is 11.2 Å². The molecule has 10 heteroatoms. The zero-order valence-corrected chi connectivity index (χ0v) is 18.1. The van der Waals surface area contributed by atoms with Gasteiger partial charge in [0, 0.05) is 29.0 Å². The summed E-state index contributed by atoms with van der Waals surface area (Å²) in [5.74, 6) is -0.820. The number of aryl methyl sites for hydroxylation is 2. The van der Waals surface area contributed by atoms with Crippen molar-refractivity contribution in [2.24, 2.45) is 0 Å². The predicted octanol–water partition coefficient (Wildman–Crippen LogP) is 3.11. The van der Waals surface area contributed by atoms with Crippen molar-refractivity contribution in [2.75, 3.05) is 4.90 Å². The molecule has 1 aliphatic rings. The molecule has 1 atom stereocenters. The van der Waals surface area contributed by atoms with Crippen molar-refractivity contribution in [1.29, 1.82) is 0 Å². The average Bonchev–Trinajstić information content (AvgIpc) is 3.39. The Bertz CT molecular complexity index is 1060. The van der Waals surface area contributed by atoms with E-state index in [1.54, 1.807) is 18.0 Å². The van der Waals surface area contributed by atoms with Gasteiger partial charge in [0.1, 0.15) is 0 Å². The van der Waals surface area contributed by atoms with E-state index in [-0.39, 0.29) is 17.8 Å². The average molecular weight is 429 g/mol. The third-order valence-electron chi connectivity index (χ3n) is 5.24. The highest BCUT2D eigenvalue weighted by atomic mass is 32.1. The van der Waals surface area contributed by atoms with E-state index >= 15 is 0 Å². The molecule has 0 N–H and O–H groups in total. The lowest BCUT2D eigenvalue weighted by molar-refractivity contribution is -0.127. The van der Waals surface area contributed by atoms with Gasteiger partial charge in [0.25, 0.3) is 17.5 Å². The van der Waals surface area contributed by atoms with Gasteiger partial charge in [0.05, 0.1) is 0 Å². The molecular weight excluding hydrogens is 404 g/mol. The molecule has 3 aromatic rings. The van der Waals surface area contributed by atoms with Crippen LogP contribution in [0.3, 0.4) is 0 Å². The lowest BCUT2D eigenvalue weighted by Gasteiger charge is -2.33. The number of anilines is 1. The number of amides is 1. The molecule has 4 rings (SSSR count). The highest BCUT2D eigenvalue weighted by molar-refractivity contribution is 7.13. The van der Waals surface area contributed by atoms with E-state index in [0.717, 1.165) is 37.1 Å². The van der Waals surface area contributed by atoms with E-state index in [4.69, 9.17) is 4.74 Å². The second kappa shape index (κ2) is 8.47. The van der Waals surface area contributed by atoms with Crippen LogP contribution in [0.2, 0.25) is 0 Å². The van der Waals surface area contributed by atoms with Gasteiger partial charge >= 0.3 is 5.97 Å². The molecule has 1 aliphatic carbocycles. The van der Waals surface area contributed by atoms with Crippen molar-refractivity contribution in [3.8, 4) is 0 Å². The van der Waals surface area contributed by atoms with E-state index in [9.17, 15) is 9.59 Å². The third kappa shape index (κ3) is 4.04. The van der Waals surface area contributed by atoms with Crippen LogP contribution in [0, 0.1) is 13.8 Å². The number of hydrogen-bond acceptors (Lipinski definition) is 8. The van der Waals surface area contributed by atoms with Gasteiger partial charge in [-0.3, -0.25) is 9.69 Å². The van der Waals surface area contributed by atoms with Crippen LogP contribution in [0.25, 0.3) is 5.78 Å². The molecule has 1 amide bonds. The maximum atomic E-state index is 13.2. The molecule has 1 fully saturated rings. The summed E-state index contributed by atoms with van der Waals surface area (Å²) in [6.07, 6.45) is 5.86. The maximum absolute atomic E-state index is 13.2. The minimum Gasteiger partial charge on any atom is -0.447 e. The summed E-state index contributed by atoms with van der Waals surface area (Å²) in [6, 6.07) is 1.92. The summed E-state index contributed by atoms with van der Waals surface area (Å²) >= 11 is 1.41. The van der Waals surface area contributed by atoms with Gasteiger partial charge in [-0.25, -0.2) is 19.3 Å². The van der Waals surface area contributed by atoms with Crippen LogP contribution in [0.5, 0.6) is 0 Å². The maximum Gasteiger partial charge on any atom is 0.379 e. The zero-order chi connectivity index (χ0) is 21.3.